The summed E-state index contributed by atoms with van der Waals surface area (Å²) in [6, 6.07) is 0.570. The number of hydrogen-bond acceptors (Lipinski definition) is 2. The van der Waals surface area contributed by atoms with Gasteiger partial charge >= 0.3 is 0 Å². The van der Waals surface area contributed by atoms with Crippen molar-refractivity contribution in [2.24, 2.45) is 11.3 Å². The van der Waals surface area contributed by atoms with Crippen LogP contribution < -0.4 is 5.32 Å². The Morgan fingerprint density at radius 1 is 1.33 bits per heavy atom. The molecule has 1 saturated heterocycles. The van der Waals surface area contributed by atoms with E-state index in [1.807, 2.05) is 0 Å². The lowest BCUT2D eigenvalue weighted by atomic mass is 9.65. The molecule has 2 fully saturated rings. The van der Waals surface area contributed by atoms with Crippen molar-refractivity contribution in [3.05, 3.63) is 0 Å². The van der Waals surface area contributed by atoms with Crippen molar-refractivity contribution < 1.29 is 4.74 Å². The summed E-state index contributed by atoms with van der Waals surface area (Å²) in [7, 11) is 0. The molecule has 2 rings (SSSR count). The van der Waals surface area contributed by atoms with E-state index < -0.39 is 0 Å². The monoisotopic (exact) mass is 253 g/mol. The van der Waals surface area contributed by atoms with Gasteiger partial charge in [0.2, 0.25) is 0 Å². The van der Waals surface area contributed by atoms with Gasteiger partial charge in [-0.15, -0.1) is 0 Å². The molecule has 1 heterocycles. The average molecular weight is 253 g/mol. The first-order valence-electron chi connectivity index (χ1n) is 7.85. The first-order valence-corrected chi connectivity index (χ1v) is 7.85. The Labute approximate surface area is 113 Å². The van der Waals surface area contributed by atoms with E-state index in [2.05, 4.69) is 33.0 Å². The molecule has 1 spiro atoms. The second kappa shape index (κ2) is 5.50. The van der Waals surface area contributed by atoms with Gasteiger partial charge in [0.15, 0.2) is 0 Å². The molecule has 1 N–H and O–H groups in total. The Bertz CT molecular complexity index is 272. The minimum Gasteiger partial charge on any atom is -0.372 e. The second-order valence-electron chi connectivity index (χ2n) is 7.36. The maximum absolute atomic E-state index is 6.34. The fourth-order valence-electron chi connectivity index (χ4n) is 3.91. The molecule has 1 aliphatic heterocycles. The van der Waals surface area contributed by atoms with Crippen molar-refractivity contribution in [2.75, 3.05) is 13.2 Å². The Hall–Kier alpha value is -0.0800. The molecular weight excluding hydrogens is 222 g/mol. The van der Waals surface area contributed by atoms with Crippen LogP contribution in [-0.2, 0) is 4.74 Å². The largest absolute Gasteiger partial charge is 0.372 e. The fraction of sp³-hybridized carbons (Fsp3) is 1.00. The van der Waals surface area contributed by atoms with E-state index in [1.54, 1.807) is 0 Å². The summed E-state index contributed by atoms with van der Waals surface area (Å²) in [5.41, 5.74) is 0.578. The summed E-state index contributed by atoms with van der Waals surface area (Å²) in [4.78, 5) is 0. The van der Waals surface area contributed by atoms with Crippen LogP contribution in [0.3, 0.4) is 0 Å². The number of morpholine rings is 1. The quantitative estimate of drug-likeness (QED) is 0.827. The predicted molar refractivity (Wildman–Crippen MR) is 76.8 cm³/mol. The predicted octanol–water partition coefficient (Wildman–Crippen LogP) is 3.75. The topological polar surface area (TPSA) is 21.3 Å². The summed E-state index contributed by atoms with van der Waals surface area (Å²) in [5.74, 6) is 0.797. The van der Waals surface area contributed by atoms with Crippen LogP contribution >= 0.6 is 0 Å². The van der Waals surface area contributed by atoms with Gasteiger partial charge in [0.1, 0.15) is 0 Å². The summed E-state index contributed by atoms with van der Waals surface area (Å²) >= 11 is 0. The molecule has 0 aromatic heterocycles. The number of rotatable bonds is 3. The smallest absolute Gasteiger partial charge is 0.0840 e. The van der Waals surface area contributed by atoms with Gasteiger partial charge in [-0.1, -0.05) is 34.1 Å². The molecule has 3 atom stereocenters. The standard InChI is InChI=1S/C16H31NO/c1-5-13(2)11-14-16(18-10-9-17-14)8-6-7-15(3,4)12-16/h13-14,17H,5-12H2,1-4H3. The minimum atomic E-state index is 0.128. The second-order valence-corrected chi connectivity index (χ2v) is 7.36. The highest BCUT2D eigenvalue weighted by molar-refractivity contribution is 5.02. The highest BCUT2D eigenvalue weighted by Gasteiger charge is 2.47. The molecule has 2 aliphatic rings. The zero-order valence-corrected chi connectivity index (χ0v) is 12.7. The molecule has 3 unspecified atom stereocenters. The van der Waals surface area contributed by atoms with E-state index >= 15 is 0 Å². The highest BCUT2D eigenvalue weighted by atomic mass is 16.5. The molecule has 2 nitrogen and oxygen atoms in total. The fourth-order valence-corrected chi connectivity index (χ4v) is 3.91. The lowest BCUT2D eigenvalue weighted by Crippen LogP contribution is -2.61. The van der Waals surface area contributed by atoms with Crippen LogP contribution in [0.2, 0.25) is 0 Å². The molecule has 1 aliphatic carbocycles. The van der Waals surface area contributed by atoms with Gasteiger partial charge in [-0.25, -0.2) is 0 Å². The molecule has 106 valence electrons. The van der Waals surface area contributed by atoms with Crippen molar-refractivity contribution in [3.8, 4) is 0 Å². The summed E-state index contributed by atoms with van der Waals surface area (Å²) < 4.78 is 6.34. The Balaban J connectivity index is 2.10. The molecule has 18 heavy (non-hydrogen) atoms. The van der Waals surface area contributed by atoms with Crippen LogP contribution in [0.5, 0.6) is 0 Å². The molecule has 0 bridgehead atoms. The normalized spacial score (nSPS) is 37.7. The first-order chi connectivity index (χ1) is 8.47. The van der Waals surface area contributed by atoms with E-state index in [0.29, 0.717) is 11.5 Å². The molecular formula is C16H31NO. The van der Waals surface area contributed by atoms with Crippen LogP contribution in [0.1, 0.15) is 66.2 Å². The molecule has 0 amide bonds. The van der Waals surface area contributed by atoms with Crippen LogP contribution in [0, 0.1) is 11.3 Å². The SMILES string of the molecule is CCC(C)CC1NCCOC12CCCC(C)(C)C2. The van der Waals surface area contributed by atoms with E-state index in [4.69, 9.17) is 4.74 Å². The Morgan fingerprint density at radius 3 is 2.78 bits per heavy atom. The van der Waals surface area contributed by atoms with E-state index in [0.717, 1.165) is 19.1 Å². The third kappa shape index (κ3) is 3.08. The summed E-state index contributed by atoms with van der Waals surface area (Å²) in [5, 5.41) is 3.76. The zero-order chi connectivity index (χ0) is 13.2. The average Bonchev–Trinajstić information content (AvgIpc) is 2.31. The molecule has 0 aromatic carbocycles. The van der Waals surface area contributed by atoms with Gasteiger partial charge < -0.3 is 10.1 Å². The third-order valence-electron chi connectivity index (χ3n) is 5.08. The van der Waals surface area contributed by atoms with Crippen molar-refractivity contribution in [2.45, 2.75) is 77.9 Å². The van der Waals surface area contributed by atoms with E-state index in [-0.39, 0.29) is 5.60 Å². The summed E-state index contributed by atoms with van der Waals surface area (Å²) in [6.45, 7) is 11.4. The van der Waals surface area contributed by atoms with Crippen molar-refractivity contribution in [3.63, 3.8) is 0 Å². The molecule has 0 aromatic rings. The summed E-state index contributed by atoms with van der Waals surface area (Å²) in [6.07, 6.45) is 7.71. The first kappa shape index (κ1) is 14.3. The maximum Gasteiger partial charge on any atom is 0.0840 e. The molecule has 0 radical (unpaired) electrons. The highest BCUT2D eigenvalue weighted by Crippen LogP contribution is 2.46. The Kier molecular flexibility index (Phi) is 4.38. The van der Waals surface area contributed by atoms with Gasteiger partial charge in [0.25, 0.3) is 0 Å². The van der Waals surface area contributed by atoms with Crippen LogP contribution in [0.4, 0.5) is 0 Å². The van der Waals surface area contributed by atoms with Gasteiger partial charge in [0, 0.05) is 12.6 Å². The van der Waals surface area contributed by atoms with Crippen molar-refractivity contribution in [1.29, 1.82) is 0 Å². The third-order valence-corrected chi connectivity index (χ3v) is 5.08. The van der Waals surface area contributed by atoms with E-state index in [9.17, 15) is 0 Å². The van der Waals surface area contributed by atoms with Gasteiger partial charge in [-0.3, -0.25) is 0 Å². The number of hydrogen-bond donors (Lipinski definition) is 1. The molecule has 2 heteroatoms. The Morgan fingerprint density at radius 2 is 2.11 bits per heavy atom. The van der Waals surface area contributed by atoms with Crippen molar-refractivity contribution in [1.82, 2.24) is 5.32 Å². The molecule has 1 saturated carbocycles. The van der Waals surface area contributed by atoms with Crippen LogP contribution in [-0.4, -0.2) is 24.8 Å². The van der Waals surface area contributed by atoms with Crippen LogP contribution in [0.15, 0.2) is 0 Å². The van der Waals surface area contributed by atoms with Gasteiger partial charge in [-0.2, -0.15) is 0 Å². The maximum atomic E-state index is 6.34. The number of nitrogens with one attached hydrogen (secondary N) is 1. The van der Waals surface area contributed by atoms with Crippen molar-refractivity contribution >= 4 is 0 Å². The lowest BCUT2D eigenvalue weighted by molar-refractivity contribution is -0.143. The van der Waals surface area contributed by atoms with E-state index in [1.165, 1.54) is 38.5 Å². The van der Waals surface area contributed by atoms with Crippen LogP contribution in [0.25, 0.3) is 0 Å². The minimum absolute atomic E-state index is 0.128. The number of ether oxygens (including phenoxy) is 1. The van der Waals surface area contributed by atoms with Gasteiger partial charge in [-0.05, 0) is 43.4 Å². The van der Waals surface area contributed by atoms with Gasteiger partial charge in [0.05, 0.1) is 12.2 Å². The zero-order valence-electron chi connectivity index (χ0n) is 12.7. The lowest BCUT2D eigenvalue weighted by Gasteiger charge is -2.52.